The number of halogens is 1. The highest BCUT2D eigenvalue weighted by atomic mass is 35.5. The first-order valence-corrected chi connectivity index (χ1v) is 8.59. The summed E-state index contributed by atoms with van der Waals surface area (Å²) in [5.74, 6) is 0. The van der Waals surface area contributed by atoms with Gasteiger partial charge in [-0.15, -0.1) is 12.4 Å². The van der Waals surface area contributed by atoms with Gasteiger partial charge in [0.25, 0.3) is 0 Å². The number of rotatable bonds is 4. The molecule has 0 fully saturated rings. The second-order valence-corrected chi connectivity index (χ2v) is 6.23. The third-order valence-corrected chi connectivity index (χ3v) is 4.42. The highest BCUT2D eigenvalue weighted by Gasteiger charge is 2.27. The zero-order valence-corrected chi connectivity index (χ0v) is 16.2. The topological polar surface area (TPSA) is 85.2 Å². The third-order valence-electron chi connectivity index (χ3n) is 4.42. The third kappa shape index (κ3) is 5.25. The van der Waals surface area contributed by atoms with Crippen LogP contribution in [0, 0.1) is 0 Å². The Bertz CT molecular complexity index is 845. The summed E-state index contributed by atoms with van der Waals surface area (Å²) in [6, 6.07) is 11.4. The molecule has 4 rings (SSSR count). The lowest BCUT2D eigenvalue weighted by molar-refractivity contribution is -0.107. The lowest BCUT2D eigenvalue weighted by Gasteiger charge is -2.00. The van der Waals surface area contributed by atoms with Crippen molar-refractivity contribution in [1.82, 2.24) is 0 Å². The second kappa shape index (κ2) is 10.5. The van der Waals surface area contributed by atoms with Crippen LogP contribution in [0.1, 0.15) is 22.3 Å². The number of methoxy groups -OCH3 is 1. The first kappa shape index (κ1) is 22.2. The van der Waals surface area contributed by atoms with E-state index in [1.165, 1.54) is 0 Å². The van der Waals surface area contributed by atoms with Gasteiger partial charge in [-0.1, -0.05) is 36.4 Å². The van der Waals surface area contributed by atoms with Gasteiger partial charge >= 0.3 is 14.2 Å². The fourth-order valence-electron chi connectivity index (χ4n) is 2.97. The van der Waals surface area contributed by atoms with Gasteiger partial charge in [-0.2, -0.15) is 0 Å². The van der Waals surface area contributed by atoms with Crippen molar-refractivity contribution in [2.24, 2.45) is 0 Å². The van der Waals surface area contributed by atoms with Crippen molar-refractivity contribution >= 4 is 49.9 Å². The molecule has 9 heteroatoms. The molecule has 2 aromatic carbocycles. The number of carbonyl (C=O) groups is 1. The van der Waals surface area contributed by atoms with E-state index in [9.17, 15) is 14.8 Å². The minimum Gasteiger partial charge on any atom is -0.504 e. The predicted molar refractivity (Wildman–Crippen MR) is 111 cm³/mol. The van der Waals surface area contributed by atoms with Crippen LogP contribution in [0.15, 0.2) is 42.7 Å². The number of hydrogen-bond acceptors (Lipinski definition) is 6. The van der Waals surface area contributed by atoms with Gasteiger partial charge in [0.2, 0.25) is 0 Å². The molecule has 2 aliphatic heterocycles. The Labute approximate surface area is 170 Å². The Morgan fingerprint density at radius 2 is 1.64 bits per heavy atom. The molecule has 2 aromatic rings. The largest absolute Gasteiger partial charge is 0.504 e. The summed E-state index contributed by atoms with van der Waals surface area (Å²) in [7, 11) is 0.00412. The highest BCUT2D eigenvalue weighted by molar-refractivity contribution is 6.62. The fraction of sp³-hybridized carbons (Fsp3) is 0.211. The molecule has 0 spiro atoms. The molecule has 0 aromatic heterocycles. The quantitative estimate of drug-likeness (QED) is 0.442. The number of fused-ring (bicyclic) bond motifs is 2. The van der Waals surface area contributed by atoms with Crippen LogP contribution in [0.3, 0.4) is 0 Å². The van der Waals surface area contributed by atoms with E-state index in [0.717, 1.165) is 39.5 Å². The van der Waals surface area contributed by atoms with Crippen LogP contribution in [0.25, 0.3) is 6.08 Å². The summed E-state index contributed by atoms with van der Waals surface area (Å²) in [5, 5.41) is 18.8. The van der Waals surface area contributed by atoms with E-state index in [0.29, 0.717) is 19.6 Å². The zero-order chi connectivity index (χ0) is 19.2. The Morgan fingerprint density at radius 3 is 2.25 bits per heavy atom. The molecule has 6 nitrogen and oxygen atoms in total. The molecule has 28 heavy (non-hydrogen) atoms. The average molecular weight is 402 g/mol. The van der Waals surface area contributed by atoms with Crippen LogP contribution in [-0.2, 0) is 38.5 Å². The number of hydrogen-bond donors (Lipinski definition) is 2. The number of aldehydes is 1. The van der Waals surface area contributed by atoms with Crippen LogP contribution in [0.5, 0.6) is 0 Å². The van der Waals surface area contributed by atoms with E-state index in [4.69, 9.17) is 14.0 Å². The van der Waals surface area contributed by atoms with Crippen molar-refractivity contribution in [2.75, 3.05) is 7.11 Å². The van der Waals surface area contributed by atoms with Gasteiger partial charge in [0.1, 0.15) is 6.29 Å². The van der Waals surface area contributed by atoms with E-state index in [2.05, 4.69) is 0 Å². The van der Waals surface area contributed by atoms with Crippen molar-refractivity contribution in [3.63, 3.8) is 0 Å². The summed E-state index contributed by atoms with van der Waals surface area (Å²) in [4.78, 5) is 10.3. The van der Waals surface area contributed by atoms with Gasteiger partial charge in [-0.3, -0.25) is 0 Å². The Kier molecular flexibility index (Phi) is 8.29. The van der Waals surface area contributed by atoms with Gasteiger partial charge in [-0.05, 0) is 39.3 Å². The van der Waals surface area contributed by atoms with E-state index < -0.39 is 14.2 Å². The molecule has 2 aliphatic rings. The molecular formula is C19H21B2ClO6. The monoisotopic (exact) mass is 402 g/mol. The first-order chi connectivity index (χ1) is 13.1. The lowest BCUT2D eigenvalue weighted by Crippen LogP contribution is -2.28. The fourth-order valence-corrected chi connectivity index (χ4v) is 2.97. The van der Waals surface area contributed by atoms with Gasteiger partial charge in [-0.25, -0.2) is 0 Å². The van der Waals surface area contributed by atoms with Gasteiger partial charge < -0.3 is 28.9 Å². The van der Waals surface area contributed by atoms with Crippen molar-refractivity contribution in [3.8, 4) is 0 Å². The molecule has 0 saturated heterocycles. The smallest absolute Gasteiger partial charge is 0.491 e. The van der Waals surface area contributed by atoms with Crippen molar-refractivity contribution < 1.29 is 28.9 Å². The maximum atomic E-state index is 10.3. The van der Waals surface area contributed by atoms with E-state index in [1.54, 1.807) is 13.4 Å². The highest BCUT2D eigenvalue weighted by Crippen LogP contribution is 2.12. The van der Waals surface area contributed by atoms with Gasteiger partial charge in [0, 0.05) is 6.42 Å². The summed E-state index contributed by atoms with van der Waals surface area (Å²) >= 11 is 0. The Morgan fingerprint density at radius 1 is 1.04 bits per heavy atom. The Balaban J connectivity index is 0.000000194. The second-order valence-electron chi connectivity index (χ2n) is 6.23. The SMILES string of the molecule is CO/C=C/c1ccc2c(c1)B(O)OC2.Cl.O=CCc1ccc2c(c1)B(O)OC2. The van der Waals surface area contributed by atoms with Gasteiger partial charge in [0.05, 0.1) is 26.6 Å². The molecule has 0 radical (unpaired) electrons. The molecule has 0 aliphatic carbocycles. The summed E-state index contributed by atoms with van der Waals surface area (Å²) < 4.78 is 14.9. The van der Waals surface area contributed by atoms with Gasteiger partial charge in [0.15, 0.2) is 0 Å². The zero-order valence-electron chi connectivity index (χ0n) is 15.4. The van der Waals surface area contributed by atoms with E-state index >= 15 is 0 Å². The maximum Gasteiger partial charge on any atom is 0.491 e. The van der Waals surface area contributed by atoms with Crippen LogP contribution >= 0.6 is 12.4 Å². The summed E-state index contributed by atoms with van der Waals surface area (Å²) in [6.45, 7) is 0.947. The van der Waals surface area contributed by atoms with Crippen LogP contribution in [0.2, 0.25) is 0 Å². The molecule has 0 saturated carbocycles. The average Bonchev–Trinajstić information content (AvgIpc) is 3.24. The maximum absolute atomic E-state index is 10.3. The summed E-state index contributed by atoms with van der Waals surface area (Å²) in [5.41, 5.74) is 5.60. The van der Waals surface area contributed by atoms with Crippen molar-refractivity contribution in [3.05, 3.63) is 64.9 Å². The Hall–Kier alpha value is -2.09. The molecule has 2 N–H and O–H groups in total. The van der Waals surface area contributed by atoms with E-state index in [1.807, 2.05) is 42.5 Å². The first-order valence-electron chi connectivity index (χ1n) is 8.59. The molecular weight excluding hydrogens is 381 g/mol. The number of carbonyl (C=O) groups excluding carboxylic acids is 1. The standard InChI is InChI=1S/C10H11BO3.C9H9BO3.ClH/c1-13-5-4-8-2-3-9-7-14-11(12)10(9)6-8;11-4-3-7-1-2-8-6-13-10(12)9(8)5-7;/h2-6,12H,7H2,1H3;1-2,4-5,12H,3,6H2;1H/b5-4+;;. The minimum absolute atomic E-state index is 0. The minimum atomic E-state index is -0.818. The van der Waals surface area contributed by atoms with Crippen LogP contribution in [-0.4, -0.2) is 37.7 Å². The number of ether oxygens (including phenoxy) is 1. The van der Waals surface area contributed by atoms with Crippen molar-refractivity contribution in [2.45, 2.75) is 19.6 Å². The van der Waals surface area contributed by atoms with Crippen molar-refractivity contribution in [1.29, 1.82) is 0 Å². The molecule has 2 heterocycles. The van der Waals surface area contributed by atoms with Crippen LogP contribution < -0.4 is 10.9 Å². The lowest BCUT2D eigenvalue weighted by atomic mass is 9.78. The molecule has 0 amide bonds. The normalized spacial score (nSPS) is 14.1. The molecule has 146 valence electrons. The molecule has 0 bridgehead atoms. The molecule has 0 atom stereocenters. The van der Waals surface area contributed by atoms with Crippen LogP contribution in [0.4, 0.5) is 0 Å². The molecule has 0 unspecified atom stereocenters. The van der Waals surface area contributed by atoms with E-state index in [-0.39, 0.29) is 12.4 Å². The predicted octanol–water partition coefficient (Wildman–Crippen LogP) is 0.589. The number of benzene rings is 2. The summed E-state index contributed by atoms with van der Waals surface area (Å²) in [6.07, 6.45) is 4.68.